The molecule has 0 aliphatic carbocycles. The quantitative estimate of drug-likeness (QED) is 0.217. The van der Waals surface area contributed by atoms with Crippen molar-refractivity contribution >= 4 is 60.4 Å². The molecule has 5 aromatic carbocycles. The number of rotatable bonds is 2. The molecule has 0 bridgehead atoms. The first-order valence-corrected chi connectivity index (χ1v) is 13.3. The Labute approximate surface area is 228 Å². The second kappa shape index (κ2) is 7.98. The highest BCUT2D eigenvalue weighted by Gasteiger charge is 2.22. The van der Waals surface area contributed by atoms with Crippen molar-refractivity contribution in [3.8, 4) is 22.6 Å². The normalized spacial score (nSPS) is 12.0. The molecule has 0 saturated carbocycles. The molecule has 9 rings (SSSR count). The van der Waals surface area contributed by atoms with Crippen molar-refractivity contribution in [1.29, 1.82) is 0 Å². The SMILES string of the molecule is c1ccc(-c2nc(-c3cccc4oc5ccccc5c34)nc3c4ccccc4n4c5ccccc5nc4c23)cc1. The van der Waals surface area contributed by atoms with Gasteiger partial charge in [-0.25, -0.2) is 15.0 Å². The van der Waals surface area contributed by atoms with E-state index >= 15 is 0 Å². The highest BCUT2D eigenvalue weighted by molar-refractivity contribution is 6.17. The topological polar surface area (TPSA) is 56.2 Å². The van der Waals surface area contributed by atoms with Crippen molar-refractivity contribution < 1.29 is 4.42 Å². The Morgan fingerprint density at radius 1 is 0.525 bits per heavy atom. The number of pyridine rings is 1. The number of imidazole rings is 1. The minimum atomic E-state index is 0.661. The van der Waals surface area contributed by atoms with Crippen LogP contribution in [0.15, 0.2) is 126 Å². The Hall–Kier alpha value is -5.55. The zero-order valence-electron chi connectivity index (χ0n) is 21.2. The second-order valence-electron chi connectivity index (χ2n) is 10.0. The summed E-state index contributed by atoms with van der Waals surface area (Å²) in [6, 6.07) is 41.3. The third-order valence-electron chi connectivity index (χ3n) is 7.78. The van der Waals surface area contributed by atoms with E-state index in [1.54, 1.807) is 0 Å². The van der Waals surface area contributed by atoms with Gasteiger partial charge in [-0.3, -0.25) is 4.40 Å². The van der Waals surface area contributed by atoms with Gasteiger partial charge in [-0.05, 0) is 30.3 Å². The fraction of sp³-hybridized carbons (Fsp3) is 0. The summed E-state index contributed by atoms with van der Waals surface area (Å²) in [5, 5.41) is 4.07. The van der Waals surface area contributed by atoms with Crippen molar-refractivity contribution in [3.63, 3.8) is 0 Å². The molecule has 5 nitrogen and oxygen atoms in total. The summed E-state index contributed by atoms with van der Waals surface area (Å²) < 4.78 is 8.45. The van der Waals surface area contributed by atoms with Gasteiger partial charge in [0.05, 0.1) is 33.1 Å². The molecule has 0 fully saturated rings. The van der Waals surface area contributed by atoms with Crippen LogP contribution in [0.2, 0.25) is 0 Å². The fourth-order valence-electron chi connectivity index (χ4n) is 6.06. The lowest BCUT2D eigenvalue weighted by Gasteiger charge is -2.14. The first-order valence-electron chi connectivity index (χ1n) is 13.3. The number of aromatic nitrogens is 4. The fourth-order valence-corrected chi connectivity index (χ4v) is 6.06. The van der Waals surface area contributed by atoms with Crippen LogP contribution in [-0.4, -0.2) is 19.4 Å². The molecule has 9 aromatic rings. The molecule has 0 saturated heterocycles. The maximum Gasteiger partial charge on any atom is 0.161 e. The number of benzene rings is 5. The maximum absolute atomic E-state index is 6.21. The summed E-state index contributed by atoms with van der Waals surface area (Å²) in [6.45, 7) is 0. The predicted molar refractivity (Wildman–Crippen MR) is 161 cm³/mol. The van der Waals surface area contributed by atoms with E-state index in [-0.39, 0.29) is 0 Å². The second-order valence-corrected chi connectivity index (χ2v) is 10.0. The van der Waals surface area contributed by atoms with Crippen molar-refractivity contribution in [2.24, 2.45) is 0 Å². The van der Waals surface area contributed by atoms with E-state index in [1.165, 1.54) is 0 Å². The average Bonchev–Trinajstić information content (AvgIpc) is 3.60. The van der Waals surface area contributed by atoms with Crippen LogP contribution in [0.25, 0.3) is 83.1 Å². The molecule has 0 spiro atoms. The number of hydrogen-bond acceptors (Lipinski definition) is 4. The van der Waals surface area contributed by atoms with E-state index in [9.17, 15) is 0 Å². The van der Waals surface area contributed by atoms with Gasteiger partial charge in [-0.1, -0.05) is 91.0 Å². The molecule has 0 atom stereocenters. The van der Waals surface area contributed by atoms with E-state index < -0.39 is 0 Å². The first kappa shape index (κ1) is 21.4. The summed E-state index contributed by atoms with van der Waals surface area (Å²) in [6.07, 6.45) is 0. The van der Waals surface area contributed by atoms with Crippen LogP contribution in [0.4, 0.5) is 0 Å². The molecule has 0 N–H and O–H groups in total. The third kappa shape index (κ3) is 2.89. The molecule has 0 amide bonds. The minimum Gasteiger partial charge on any atom is -0.456 e. The molecule has 0 aliphatic heterocycles. The van der Waals surface area contributed by atoms with E-state index in [0.29, 0.717) is 5.82 Å². The number of para-hydroxylation sites is 4. The molecular weight excluding hydrogens is 492 g/mol. The Morgan fingerprint density at radius 3 is 2.15 bits per heavy atom. The lowest BCUT2D eigenvalue weighted by Crippen LogP contribution is -2.00. The largest absolute Gasteiger partial charge is 0.456 e. The zero-order chi connectivity index (χ0) is 26.2. The summed E-state index contributed by atoms with van der Waals surface area (Å²) in [5.41, 5.74) is 9.30. The van der Waals surface area contributed by atoms with Crippen LogP contribution in [0.3, 0.4) is 0 Å². The van der Waals surface area contributed by atoms with Gasteiger partial charge in [0.25, 0.3) is 0 Å². The predicted octanol–water partition coefficient (Wildman–Crippen LogP) is 8.82. The Kier molecular flexibility index (Phi) is 4.27. The molecule has 5 heteroatoms. The molecular formula is C35H20N4O. The highest BCUT2D eigenvalue weighted by atomic mass is 16.3. The number of furan rings is 1. The monoisotopic (exact) mass is 512 g/mol. The molecule has 0 radical (unpaired) electrons. The van der Waals surface area contributed by atoms with E-state index in [2.05, 4.69) is 71.1 Å². The third-order valence-corrected chi connectivity index (χ3v) is 7.78. The Balaban J connectivity index is 1.51. The lowest BCUT2D eigenvalue weighted by atomic mass is 10.0. The van der Waals surface area contributed by atoms with Gasteiger partial charge >= 0.3 is 0 Å². The summed E-state index contributed by atoms with van der Waals surface area (Å²) in [4.78, 5) is 15.7. The average molecular weight is 513 g/mol. The van der Waals surface area contributed by atoms with Crippen LogP contribution < -0.4 is 0 Å². The maximum atomic E-state index is 6.21. The summed E-state index contributed by atoms with van der Waals surface area (Å²) >= 11 is 0. The lowest BCUT2D eigenvalue weighted by molar-refractivity contribution is 0.669. The van der Waals surface area contributed by atoms with Gasteiger partial charge in [-0.15, -0.1) is 0 Å². The van der Waals surface area contributed by atoms with Gasteiger partial charge in [0.15, 0.2) is 5.82 Å². The zero-order valence-corrected chi connectivity index (χ0v) is 21.2. The number of hydrogen-bond donors (Lipinski definition) is 0. The summed E-state index contributed by atoms with van der Waals surface area (Å²) in [5.74, 6) is 0.661. The van der Waals surface area contributed by atoms with E-state index in [4.69, 9.17) is 19.4 Å². The molecule has 0 aliphatic rings. The van der Waals surface area contributed by atoms with Crippen LogP contribution in [0, 0.1) is 0 Å². The minimum absolute atomic E-state index is 0.661. The first-order chi connectivity index (χ1) is 19.8. The molecule has 4 heterocycles. The number of nitrogens with zero attached hydrogens (tertiary/aromatic N) is 4. The summed E-state index contributed by atoms with van der Waals surface area (Å²) in [7, 11) is 0. The van der Waals surface area contributed by atoms with Crippen LogP contribution >= 0.6 is 0 Å². The van der Waals surface area contributed by atoms with Gasteiger partial charge in [0, 0.05) is 27.3 Å². The highest BCUT2D eigenvalue weighted by Crippen LogP contribution is 2.40. The number of fused-ring (bicyclic) bond motifs is 11. The van der Waals surface area contributed by atoms with Crippen molar-refractivity contribution in [3.05, 3.63) is 121 Å². The van der Waals surface area contributed by atoms with Crippen molar-refractivity contribution in [2.45, 2.75) is 0 Å². The molecule has 40 heavy (non-hydrogen) atoms. The molecule has 186 valence electrons. The van der Waals surface area contributed by atoms with Crippen LogP contribution in [0.5, 0.6) is 0 Å². The molecule has 4 aromatic heterocycles. The van der Waals surface area contributed by atoms with Gasteiger partial charge in [-0.2, -0.15) is 0 Å². The smallest absolute Gasteiger partial charge is 0.161 e. The van der Waals surface area contributed by atoms with Crippen molar-refractivity contribution in [1.82, 2.24) is 19.4 Å². The van der Waals surface area contributed by atoms with E-state index in [0.717, 1.165) is 77.2 Å². The Bertz CT molecular complexity index is 2440. The van der Waals surface area contributed by atoms with Crippen LogP contribution in [0.1, 0.15) is 0 Å². The molecule has 0 unspecified atom stereocenters. The van der Waals surface area contributed by atoms with Gasteiger partial charge < -0.3 is 4.42 Å². The van der Waals surface area contributed by atoms with Crippen LogP contribution in [-0.2, 0) is 0 Å². The van der Waals surface area contributed by atoms with Crippen molar-refractivity contribution in [2.75, 3.05) is 0 Å². The van der Waals surface area contributed by atoms with E-state index in [1.807, 2.05) is 54.6 Å². The standard InChI is InChI=1S/C35H20N4O/c1-2-11-21(12-3-1)32-31-33(22-13-4-7-17-26(22)39-27-18-8-6-16-25(27)36-35(31)39)38-34(37-32)24-15-10-20-29-30(24)23-14-5-9-19-28(23)40-29/h1-20H. The van der Waals surface area contributed by atoms with Gasteiger partial charge in [0.1, 0.15) is 16.8 Å². The Morgan fingerprint density at radius 2 is 1.25 bits per heavy atom. The van der Waals surface area contributed by atoms with Gasteiger partial charge in [0.2, 0.25) is 0 Å².